The number of likely N-dealkylation sites (tertiary alicyclic amines) is 1. The van der Waals surface area contributed by atoms with Crippen LogP contribution in [-0.2, 0) is 19.1 Å². The number of amides is 3. The molecule has 3 heterocycles. The molecule has 1 spiro atoms. The van der Waals surface area contributed by atoms with Crippen molar-refractivity contribution >= 4 is 23.4 Å². The van der Waals surface area contributed by atoms with Gasteiger partial charge >= 0.3 is 0 Å². The Balaban J connectivity index is 1.42. The van der Waals surface area contributed by atoms with Gasteiger partial charge in [0.15, 0.2) is 0 Å². The van der Waals surface area contributed by atoms with Crippen molar-refractivity contribution in [3.8, 4) is 5.75 Å². The molecule has 2 saturated heterocycles. The van der Waals surface area contributed by atoms with E-state index in [0.717, 1.165) is 45.2 Å². The molecule has 1 aliphatic carbocycles. The third-order valence-electron chi connectivity index (χ3n) is 10.1. The fraction of sp³-hybridized carbons (Fsp3) is 0.667. The summed E-state index contributed by atoms with van der Waals surface area (Å²) >= 11 is 0. The summed E-state index contributed by atoms with van der Waals surface area (Å²) < 4.78 is 11.8. The van der Waals surface area contributed by atoms with Crippen molar-refractivity contribution in [2.24, 2.45) is 23.7 Å². The number of hydrogen-bond donors (Lipinski definition) is 2. The molecule has 8 atom stereocenters. The van der Waals surface area contributed by atoms with Crippen LogP contribution in [0.2, 0.25) is 0 Å². The number of methoxy groups -OCH3 is 1. The zero-order chi connectivity index (χ0) is 30.0. The van der Waals surface area contributed by atoms with Gasteiger partial charge in [0.1, 0.15) is 17.4 Å². The highest BCUT2D eigenvalue weighted by Gasteiger charge is 2.72. The first-order chi connectivity index (χ1) is 20.2. The van der Waals surface area contributed by atoms with E-state index in [4.69, 9.17) is 9.47 Å². The molecule has 42 heavy (non-hydrogen) atoms. The van der Waals surface area contributed by atoms with Crippen LogP contribution in [0, 0.1) is 23.7 Å². The molecule has 3 fully saturated rings. The Hall–Kier alpha value is -2.91. The van der Waals surface area contributed by atoms with Crippen molar-refractivity contribution in [2.45, 2.75) is 83.6 Å². The molecule has 4 aliphatic rings. The van der Waals surface area contributed by atoms with Crippen LogP contribution in [0.5, 0.6) is 5.75 Å². The number of ether oxygens (including phenoxy) is 2. The van der Waals surface area contributed by atoms with Crippen molar-refractivity contribution in [1.29, 1.82) is 0 Å². The molecule has 9 heteroatoms. The molecule has 1 aromatic carbocycles. The van der Waals surface area contributed by atoms with Crippen LogP contribution in [0.4, 0.5) is 5.69 Å². The third kappa shape index (κ3) is 5.57. The van der Waals surface area contributed by atoms with Gasteiger partial charge in [0.05, 0.1) is 25.0 Å². The molecule has 2 N–H and O–H groups in total. The van der Waals surface area contributed by atoms with Gasteiger partial charge < -0.3 is 29.9 Å². The highest BCUT2D eigenvalue weighted by Crippen LogP contribution is 2.55. The molecule has 9 nitrogen and oxygen atoms in total. The minimum absolute atomic E-state index is 0.0575. The summed E-state index contributed by atoms with van der Waals surface area (Å²) in [5.74, 6) is -0.524. The topological polar surface area (TPSA) is 100 Å². The van der Waals surface area contributed by atoms with E-state index in [9.17, 15) is 14.4 Å². The first kappa shape index (κ1) is 30.5. The largest absolute Gasteiger partial charge is 0.497 e. The van der Waals surface area contributed by atoms with Gasteiger partial charge in [0, 0.05) is 24.8 Å². The van der Waals surface area contributed by atoms with Gasteiger partial charge in [-0.1, -0.05) is 52.7 Å². The molecule has 1 aromatic rings. The van der Waals surface area contributed by atoms with Crippen LogP contribution in [0.15, 0.2) is 36.4 Å². The van der Waals surface area contributed by atoms with Crippen molar-refractivity contribution in [1.82, 2.24) is 15.1 Å². The monoisotopic (exact) mass is 580 g/mol. The normalized spacial score (nSPS) is 33.2. The van der Waals surface area contributed by atoms with E-state index in [2.05, 4.69) is 43.2 Å². The fourth-order valence-corrected chi connectivity index (χ4v) is 7.67. The molecule has 0 unspecified atom stereocenters. The van der Waals surface area contributed by atoms with Gasteiger partial charge in [0.2, 0.25) is 17.7 Å². The van der Waals surface area contributed by atoms with E-state index in [1.165, 1.54) is 0 Å². The van der Waals surface area contributed by atoms with Gasteiger partial charge in [-0.15, -0.1) is 0 Å². The fourth-order valence-electron chi connectivity index (χ4n) is 7.67. The van der Waals surface area contributed by atoms with E-state index >= 15 is 0 Å². The number of nitrogens with zero attached hydrogens (tertiary/aromatic N) is 2. The third-order valence-corrected chi connectivity index (χ3v) is 10.1. The second-order valence-electron chi connectivity index (χ2n) is 12.7. The molecule has 3 amide bonds. The number of hydrogen-bond acceptors (Lipinski definition) is 6. The number of fused-ring (bicyclic) bond motifs is 1. The second kappa shape index (κ2) is 12.8. The van der Waals surface area contributed by atoms with Gasteiger partial charge in [0.25, 0.3) is 0 Å². The van der Waals surface area contributed by atoms with E-state index in [1.807, 2.05) is 12.2 Å². The average molecular weight is 581 g/mol. The van der Waals surface area contributed by atoms with Gasteiger partial charge in [-0.25, -0.2) is 0 Å². The molecule has 230 valence electrons. The maximum Gasteiger partial charge on any atom is 0.246 e. The second-order valence-corrected chi connectivity index (χ2v) is 12.7. The molecule has 0 aromatic heterocycles. The van der Waals surface area contributed by atoms with E-state index in [0.29, 0.717) is 36.4 Å². The highest BCUT2D eigenvalue weighted by molar-refractivity contribution is 6.02. The Bertz CT molecular complexity index is 1170. The van der Waals surface area contributed by atoms with Crippen molar-refractivity contribution in [3.63, 3.8) is 0 Å². The summed E-state index contributed by atoms with van der Waals surface area (Å²) in [4.78, 5) is 46.3. The van der Waals surface area contributed by atoms with E-state index in [-0.39, 0.29) is 23.8 Å². The predicted octanol–water partition coefficient (Wildman–Crippen LogP) is 3.85. The van der Waals surface area contributed by atoms with Crippen LogP contribution in [-0.4, -0.2) is 84.6 Å². The zero-order valence-corrected chi connectivity index (χ0v) is 25.8. The minimum atomic E-state index is -1.16. The lowest BCUT2D eigenvalue weighted by Gasteiger charge is -2.38. The predicted molar refractivity (Wildman–Crippen MR) is 162 cm³/mol. The van der Waals surface area contributed by atoms with Crippen LogP contribution >= 0.6 is 0 Å². The van der Waals surface area contributed by atoms with Crippen molar-refractivity contribution in [2.75, 3.05) is 38.6 Å². The zero-order valence-electron chi connectivity index (χ0n) is 25.8. The summed E-state index contributed by atoms with van der Waals surface area (Å²) in [6.45, 7) is 11.7. The Morgan fingerprint density at radius 3 is 2.45 bits per heavy atom. The minimum Gasteiger partial charge on any atom is -0.497 e. The Kier molecular flexibility index (Phi) is 9.28. The molecule has 0 radical (unpaired) electrons. The Labute approximate surface area is 250 Å². The standard InChI is InChI=1S/C33H48N4O5/c1-6-17-36(18-7-2)19-20-37-29(31(39)35-25-10-8-9-21(3)22(25)4)33-16-15-26(42-33)27(28(33)32(37)40)30(38)34-23-11-13-24(41-5)14-12-23/h11-16,21-22,25-29H,6-10,17-20H2,1-5H3,(H,34,38)(H,35,39)/t21-,22+,25-,26+,27-,28+,29+,33+/m1/s1. The molecular formula is C33H48N4O5. The molecule has 1 saturated carbocycles. The Morgan fingerprint density at radius 1 is 1.07 bits per heavy atom. The van der Waals surface area contributed by atoms with Crippen LogP contribution in [0.1, 0.15) is 59.8 Å². The molecule has 2 bridgehead atoms. The van der Waals surface area contributed by atoms with Crippen LogP contribution < -0.4 is 15.4 Å². The van der Waals surface area contributed by atoms with Gasteiger partial charge in [-0.3, -0.25) is 14.4 Å². The number of rotatable bonds is 12. The number of carbonyl (C=O) groups excluding carboxylic acids is 3. The first-order valence-corrected chi connectivity index (χ1v) is 15.9. The molecular weight excluding hydrogens is 532 g/mol. The van der Waals surface area contributed by atoms with E-state index in [1.54, 1.807) is 36.3 Å². The Morgan fingerprint density at radius 2 is 1.79 bits per heavy atom. The number of carbonyl (C=O) groups is 3. The summed E-state index contributed by atoms with van der Waals surface area (Å²) in [7, 11) is 1.59. The first-order valence-electron chi connectivity index (χ1n) is 15.9. The summed E-state index contributed by atoms with van der Waals surface area (Å²) in [5.41, 5.74) is -0.536. The van der Waals surface area contributed by atoms with Crippen LogP contribution in [0.3, 0.4) is 0 Å². The van der Waals surface area contributed by atoms with E-state index < -0.39 is 29.6 Å². The maximum atomic E-state index is 14.3. The van der Waals surface area contributed by atoms with Crippen molar-refractivity contribution in [3.05, 3.63) is 36.4 Å². The number of nitrogens with one attached hydrogen (secondary N) is 2. The summed E-state index contributed by atoms with van der Waals surface area (Å²) in [6, 6.07) is 6.35. The quantitative estimate of drug-likeness (QED) is 0.365. The smallest absolute Gasteiger partial charge is 0.246 e. The highest BCUT2D eigenvalue weighted by atomic mass is 16.5. The van der Waals surface area contributed by atoms with Gasteiger partial charge in [-0.2, -0.15) is 0 Å². The SMILES string of the molecule is CCCN(CCC)CCN1C(=O)[C@@H]2[C@H](C(=O)Nc3ccc(OC)cc3)[C@@H]3C=C[C@@]2(O3)[C@@H]1C(=O)N[C@@H]1CCC[C@@H](C)[C@@H]1C. The van der Waals surface area contributed by atoms with Gasteiger partial charge in [-0.05, 0) is 68.5 Å². The molecule has 5 rings (SSSR count). The molecule has 3 aliphatic heterocycles. The van der Waals surface area contributed by atoms with Crippen LogP contribution in [0.25, 0.3) is 0 Å². The summed E-state index contributed by atoms with van der Waals surface area (Å²) in [6.07, 6.45) is 8.42. The maximum absolute atomic E-state index is 14.3. The number of anilines is 1. The average Bonchev–Trinajstić information content (AvgIpc) is 3.62. The lowest BCUT2D eigenvalue weighted by molar-refractivity contribution is -0.141. The summed E-state index contributed by atoms with van der Waals surface area (Å²) in [5, 5.41) is 6.32. The number of benzene rings is 1. The van der Waals surface area contributed by atoms with Crippen molar-refractivity contribution < 1.29 is 23.9 Å². The lowest BCUT2D eigenvalue weighted by Crippen LogP contribution is -2.58. The lowest BCUT2D eigenvalue weighted by atomic mass is 9.73.